The van der Waals surface area contributed by atoms with Gasteiger partial charge in [0.15, 0.2) is 5.69 Å². The fourth-order valence-corrected chi connectivity index (χ4v) is 2.22. The zero-order chi connectivity index (χ0) is 16.5. The normalized spacial score (nSPS) is 17.5. The number of rotatable bonds is 3. The van der Waals surface area contributed by atoms with Crippen LogP contribution in [0.1, 0.15) is 82.0 Å². The van der Waals surface area contributed by atoms with Gasteiger partial charge in [-0.25, -0.2) is 0 Å². The minimum absolute atomic E-state index is 0.229. The van der Waals surface area contributed by atoms with Gasteiger partial charge >= 0.3 is 0 Å². The van der Waals surface area contributed by atoms with Gasteiger partial charge in [0.1, 0.15) is 5.76 Å². The molecule has 5 heteroatoms. The molecule has 2 fully saturated rings. The zero-order valence-electron chi connectivity index (χ0n) is 14.5. The molecule has 1 aliphatic heterocycles. The second-order valence-corrected chi connectivity index (χ2v) is 6.30. The Kier molecular flexibility index (Phi) is 8.17. The van der Waals surface area contributed by atoms with Crippen molar-refractivity contribution in [3.63, 3.8) is 0 Å². The van der Waals surface area contributed by atoms with E-state index in [9.17, 15) is 4.79 Å². The van der Waals surface area contributed by atoms with E-state index in [0.29, 0.717) is 5.92 Å². The van der Waals surface area contributed by atoms with Gasteiger partial charge in [0.2, 0.25) is 0 Å². The van der Waals surface area contributed by atoms with Crippen LogP contribution in [0.25, 0.3) is 0 Å². The number of carbonyl (C=O) groups excluding carboxylic acids is 1. The number of aromatic nitrogens is 1. The highest BCUT2D eigenvalue weighted by Gasteiger charge is 2.28. The molecule has 0 unspecified atom stereocenters. The Morgan fingerprint density at radius 1 is 1.36 bits per heavy atom. The Hall–Kier alpha value is -1.36. The number of nitrogens with two attached hydrogens (primary N) is 1. The highest BCUT2D eigenvalue weighted by Crippen LogP contribution is 2.40. The predicted octanol–water partition coefficient (Wildman–Crippen LogP) is 3.56. The summed E-state index contributed by atoms with van der Waals surface area (Å²) in [5.41, 5.74) is 5.21. The lowest BCUT2D eigenvalue weighted by Gasteiger charge is -2.18. The largest absolute Gasteiger partial charge is 0.364 e. The number of primary amides is 1. The number of amides is 1. The SMILES string of the molecule is CC(C)N1CCCC1.CCC.NC(=O)c1cc(C2CC2)on1. The molecule has 0 spiro atoms. The molecule has 1 aromatic heterocycles. The van der Waals surface area contributed by atoms with Crippen LogP contribution in [0.15, 0.2) is 10.6 Å². The Balaban J connectivity index is 0.000000194. The third kappa shape index (κ3) is 6.60. The molecule has 2 heterocycles. The summed E-state index contributed by atoms with van der Waals surface area (Å²) >= 11 is 0. The second-order valence-electron chi connectivity index (χ2n) is 6.30. The first kappa shape index (κ1) is 18.7. The van der Waals surface area contributed by atoms with E-state index in [4.69, 9.17) is 10.3 Å². The summed E-state index contributed by atoms with van der Waals surface area (Å²) in [6.07, 6.45) is 6.34. The van der Waals surface area contributed by atoms with Gasteiger partial charge in [-0.05, 0) is 52.6 Å². The van der Waals surface area contributed by atoms with Crippen molar-refractivity contribution in [1.82, 2.24) is 10.1 Å². The summed E-state index contributed by atoms with van der Waals surface area (Å²) in [6.45, 7) is 11.5. The molecule has 2 aliphatic rings. The Labute approximate surface area is 134 Å². The molecule has 2 N–H and O–H groups in total. The van der Waals surface area contributed by atoms with Gasteiger partial charge in [-0.3, -0.25) is 4.79 Å². The first-order chi connectivity index (χ1) is 10.5. The van der Waals surface area contributed by atoms with Crippen molar-refractivity contribution in [2.75, 3.05) is 13.1 Å². The van der Waals surface area contributed by atoms with E-state index in [-0.39, 0.29) is 5.69 Å². The van der Waals surface area contributed by atoms with Gasteiger partial charge in [0.25, 0.3) is 5.91 Å². The molecule has 5 nitrogen and oxygen atoms in total. The fraction of sp³-hybridized carbons (Fsp3) is 0.765. The smallest absolute Gasteiger partial charge is 0.270 e. The van der Waals surface area contributed by atoms with Crippen molar-refractivity contribution >= 4 is 5.91 Å². The van der Waals surface area contributed by atoms with E-state index in [2.05, 4.69) is 37.8 Å². The summed E-state index contributed by atoms with van der Waals surface area (Å²) in [6, 6.07) is 2.40. The maximum absolute atomic E-state index is 10.6. The third-order valence-electron chi connectivity index (χ3n) is 3.63. The van der Waals surface area contributed by atoms with Crippen LogP contribution in [-0.2, 0) is 0 Å². The van der Waals surface area contributed by atoms with Crippen LogP contribution >= 0.6 is 0 Å². The van der Waals surface area contributed by atoms with Crippen molar-refractivity contribution in [1.29, 1.82) is 0 Å². The summed E-state index contributed by atoms with van der Waals surface area (Å²) in [5.74, 6) is 0.745. The molecule has 1 amide bonds. The summed E-state index contributed by atoms with van der Waals surface area (Å²) in [7, 11) is 0. The predicted molar refractivity (Wildman–Crippen MR) is 88.9 cm³/mol. The topological polar surface area (TPSA) is 72.4 Å². The molecular formula is C17H31N3O2. The lowest BCUT2D eigenvalue weighted by Crippen LogP contribution is -2.26. The van der Waals surface area contributed by atoms with Crippen LogP contribution in [0, 0.1) is 0 Å². The van der Waals surface area contributed by atoms with Gasteiger partial charge in [-0.2, -0.15) is 0 Å². The van der Waals surface area contributed by atoms with E-state index in [1.807, 2.05) is 0 Å². The van der Waals surface area contributed by atoms with Crippen LogP contribution in [-0.4, -0.2) is 35.1 Å². The summed E-state index contributed by atoms with van der Waals surface area (Å²) < 4.78 is 4.90. The van der Waals surface area contributed by atoms with E-state index in [1.54, 1.807) is 6.07 Å². The van der Waals surface area contributed by atoms with Crippen molar-refractivity contribution < 1.29 is 9.32 Å². The van der Waals surface area contributed by atoms with Crippen molar-refractivity contribution in [3.05, 3.63) is 17.5 Å². The standard InChI is InChI=1S/C7H8N2O2.C7H15N.C3H8/c8-7(10)5-3-6(11-9-5)4-1-2-4;1-7(2)8-5-3-4-6-8;1-3-2/h3-4H,1-2H2,(H2,8,10);7H,3-6H2,1-2H3;3H2,1-2H3. The summed E-state index contributed by atoms with van der Waals surface area (Å²) in [5, 5.41) is 3.53. The molecule has 1 saturated carbocycles. The molecule has 22 heavy (non-hydrogen) atoms. The highest BCUT2D eigenvalue weighted by molar-refractivity contribution is 5.90. The van der Waals surface area contributed by atoms with E-state index in [1.165, 1.54) is 32.4 Å². The van der Waals surface area contributed by atoms with Crippen LogP contribution in [0.2, 0.25) is 0 Å². The molecule has 126 valence electrons. The molecule has 0 atom stereocenters. The van der Waals surface area contributed by atoms with Gasteiger partial charge in [0.05, 0.1) is 0 Å². The Morgan fingerprint density at radius 2 is 1.91 bits per heavy atom. The third-order valence-corrected chi connectivity index (χ3v) is 3.63. The number of likely N-dealkylation sites (tertiary alicyclic amines) is 1. The van der Waals surface area contributed by atoms with Crippen LogP contribution < -0.4 is 5.73 Å². The lowest BCUT2D eigenvalue weighted by atomic mass is 10.3. The van der Waals surface area contributed by atoms with Crippen molar-refractivity contribution in [2.24, 2.45) is 5.73 Å². The van der Waals surface area contributed by atoms with E-state index < -0.39 is 5.91 Å². The quantitative estimate of drug-likeness (QED) is 0.926. The average molecular weight is 309 g/mol. The zero-order valence-corrected chi connectivity index (χ0v) is 14.5. The van der Waals surface area contributed by atoms with E-state index >= 15 is 0 Å². The second kappa shape index (κ2) is 9.62. The van der Waals surface area contributed by atoms with Gasteiger partial charge in [-0.1, -0.05) is 25.4 Å². The minimum Gasteiger partial charge on any atom is -0.364 e. The minimum atomic E-state index is -0.527. The Morgan fingerprint density at radius 3 is 2.23 bits per heavy atom. The van der Waals surface area contributed by atoms with Crippen LogP contribution in [0.5, 0.6) is 0 Å². The van der Waals surface area contributed by atoms with Crippen molar-refractivity contribution in [3.8, 4) is 0 Å². The molecule has 0 aromatic carbocycles. The molecule has 1 aliphatic carbocycles. The fourth-order valence-electron chi connectivity index (χ4n) is 2.22. The molecule has 0 bridgehead atoms. The average Bonchev–Trinajstić information content (AvgIpc) is 2.98. The summed E-state index contributed by atoms with van der Waals surface area (Å²) in [4.78, 5) is 13.1. The first-order valence-electron chi connectivity index (χ1n) is 8.50. The molecule has 1 saturated heterocycles. The van der Waals surface area contributed by atoms with E-state index in [0.717, 1.165) is 24.6 Å². The molecule has 0 radical (unpaired) electrons. The maximum atomic E-state index is 10.6. The van der Waals surface area contributed by atoms with Crippen molar-refractivity contribution in [2.45, 2.75) is 71.8 Å². The monoisotopic (exact) mass is 309 g/mol. The van der Waals surface area contributed by atoms with Crippen LogP contribution in [0.4, 0.5) is 0 Å². The highest BCUT2D eigenvalue weighted by atomic mass is 16.5. The van der Waals surface area contributed by atoms with Gasteiger partial charge in [-0.15, -0.1) is 0 Å². The molecule has 1 aromatic rings. The number of hydrogen-bond donors (Lipinski definition) is 1. The van der Waals surface area contributed by atoms with Gasteiger partial charge < -0.3 is 15.2 Å². The van der Waals surface area contributed by atoms with Crippen LogP contribution in [0.3, 0.4) is 0 Å². The number of nitrogens with zero attached hydrogens (tertiary/aromatic N) is 2. The number of carbonyl (C=O) groups is 1. The lowest BCUT2D eigenvalue weighted by molar-refractivity contribution is 0.0991. The molecular weight excluding hydrogens is 278 g/mol. The first-order valence-corrected chi connectivity index (χ1v) is 8.50. The number of hydrogen-bond acceptors (Lipinski definition) is 4. The van der Waals surface area contributed by atoms with Gasteiger partial charge in [0, 0.05) is 18.0 Å². The Bertz CT molecular complexity index is 433. The maximum Gasteiger partial charge on any atom is 0.270 e. The molecule has 3 rings (SSSR count).